The van der Waals surface area contributed by atoms with Gasteiger partial charge in [0.1, 0.15) is 0 Å². The van der Waals surface area contributed by atoms with Gasteiger partial charge in [-0.15, -0.1) is 5.10 Å². The lowest BCUT2D eigenvalue weighted by Gasteiger charge is -2.14. The first-order chi connectivity index (χ1) is 14.5. The maximum Gasteiger partial charge on any atom is 0.262 e. The molecular weight excluding hydrogens is 428 g/mol. The highest BCUT2D eigenvalue weighted by molar-refractivity contribution is 8.15. The summed E-state index contributed by atoms with van der Waals surface area (Å²) in [5, 5.41) is 13.9. The van der Waals surface area contributed by atoms with Gasteiger partial charge in [0.05, 0.1) is 23.6 Å². The van der Waals surface area contributed by atoms with Crippen LogP contribution in [0.15, 0.2) is 52.7 Å². The molecule has 156 valence electrons. The van der Waals surface area contributed by atoms with Gasteiger partial charge in [-0.25, -0.2) is 0 Å². The smallest absolute Gasteiger partial charge is 0.262 e. The molecule has 1 aliphatic rings. The molecule has 0 unspecified atom stereocenters. The van der Waals surface area contributed by atoms with E-state index < -0.39 is 0 Å². The Bertz CT molecular complexity index is 982. The number of halogens is 1. The topological polar surface area (TPSA) is 101 Å². The molecule has 1 aliphatic heterocycles. The molecule has 1 heterocycles. The Morgan fingerprint density at radius 3 is 2.80 bits per heavy atom. The van der Waals surface area contributed by atoms with Crippen LogP contribution in [-0.4, -0.2) is 42.2 Å². The maximum absolute atomic E-state index is 12.1. The summed E-state index contributed by atoms with van der Waals surface area (Å²) in [7, 11) is 0. The average molecular weight is 447 g/mol. The van der Waals surface area contributed by atoms with Gasteiger partial charge in [-0.2, -0.15) is 5.10 Å². The average Bonchev–Trinajstić information content (AvgIpc) is 3.13. The molecule has 2 aromatic rings. The fourth-order valence-corrected chi connectivity index (χ4v) is 3.35. The van der Waals surface area contributed by atoms with Crippen molar-refractivity contribution in [1.29, 1.82) is 0 Å². The Balaban J connectivity index is 1.68. The molecule has 0 saturated carbocycles. The summed E-state index contributed by atoms with van der Waals surface area (Å²) < 4.78 is 11.2. The van der Waals surface area contributed by atoms with Crippen LogP contribution >= 0.6 is 23.4 Å². The number of benzene rings is 2. The van der Waals surface area contributed by atoms with Crippen LogP contribution in [0.1, 0.15) is 12.5 Å². The van der Waals surface area contributed by atoms with E-state index in [-0.39, 0.29) is 29.2 Å². The summed E-state index contributed by atoms with van der Waals surface area (Å²) in [4.78, 5) is 23.3. The first kappa shape index (κ1) is 21.7. The van der Waals surface area contributed by atoms with Crippen LogP contribution in [0.25, 0.3) is 0 Å². The van der Waals surface area contributed by atoms with Gasteiger partial charge >= 0.3 is 0 Å². The van der Waals surface area contributed by atoms with Crippen molar-refractivity contribution in [3.05, 3.63) is 53.1 Å². The number of anilines is 1. The number of nitrogens with one attached hydrogen (secondary N) is 2. The van der Waals surface area contributed by atoms with Crippen molar-refractivity contribution >= 4 is 52.2 Å². The minimum Gasteiger partial charge on any atom is -0.490 e. The molecule has 0 bridgehead atoms. The SMILES string of the molecule is CCOc1cc(C=NN=C2NC(=O)CS2)cc(Cl)c1OCC(=O)Nc1ccccc1. The molecule has 0 aliphatic carbocycles. The van der Waals surface area contributed by atoms with Crippen LogP contribution in [0.3, 0.4) is 0 Å². The quantitative estimate of drug-likeness (QED) is 0.478. The van der Waals surface area contributed by atoms with Gasteiger partial charge in [-0.05, 0) is 31.2 Å². The van der Waals surface area contributed by atoms with Gasteiger partial charge in [0.2, 0.25) is 5.91 Å². The van der Waals surface area contributed by atoms with Gasteiger partial charge < -0.3 is 20.1 Å². The van der Waals surface area contributed by atoms with E-state index in [0.717, 1.165) is 0 Å². The highest BCUT2D eigenvalue weighted by atomic mass is 35.5. The number of hydrogen-bond acceptors (Lipinski definition) is 7. The van der Waals surface area contributed by atoms with E-state index in [2.05, 4.69) is 20.8 Å². The molecule has 3 rings (SSSR count). The first-order valence-corrected chi connectivity index (χ1v) is 10.4. The van der Waals surface area contributed by atoms with Gasteiger partial charge in [-0.1, -0.05) is 41.6 Å². The second kappa shape index (κ2) is 10.7. The summed E-state index contributed by atoms with van der Waals surface area (Å²) in [6.07, 6.45) is 1.48. The number of carbonyl (C=O) groups is 2. The van der Waals surface area contributed by atoms with Gasteiger partial charge in [0, 0.05) is 11.3 Å². The molecule has 1 fully saturated rings. The van der Waals surface area contributed by atoms with Crippen molar-refractivity contribution in [1.82, 2.24) is 5.32 Å². The van der Waals surface area contributed by atoms with Crippen LogP contribution < -0.4 is 20.1 Å². The summed E-state index contributed by atoms with van der Waals surface area (Å²) in [5.41, 5.74) is 1.30. The second-order valence-corrected chi connectivity index (χ2v) is 7.32. The second-order valence-electron chi connectivity index (χ2n) is 5.95. The number of amides is 2. The molecule has 8 nitrogen and oxygen atoms in total. The lowest BCUT2D eigenvalue weighted by molar-refractivity contribution is -0.118. The predicted molar refractivity (Wildman–Crippen MR) is 119 cm³/mol. The van der Waals surface area contributed by atoms with E-state index in [4.69, 9.17) is 21.1 Å². The van der Waals surface area contributed by atoms with E-state index in [1.54, 1.807) is 24.3 Å². The van der Waals surface area contributed by atoms with Crippen molar-refractivity contribution in [3.8, 4) is 11.5 Å². The van der Waals surface area contributed by atoms with Crippen molar-refractivity contribution in [3.63, 3.8) is 0 Å². The highest BCUT2D eigenvalue weighted by Crippen LogP contribution is 2.36. The van der Waals surface area contributed by atoms with Crippen LogP contribution in [0.5, 0.6) is 11.5 Å². The molecule has 30 heavy (non-hydrogen) atoms. The van der Waals surface area contributed by atoms with Crippen LogP contribution in [0.2, 0.25) is 5.02 Å². The Hall–Kier alpha value is -3.04. The largest absolute Gasteiger partial charge is 0.490 e. The minimum absolute atomic E-state index is 0.103. The molecule has 10 heteroatoms. The summed E-state index contributed by atoms with van der Waals surface area (Å²) >= 11 is 7.62. The number of hydrogen-bond donors (Lipinski definition) is 2. The van der Waals surface area contributed by atoms with Crippen LogP contribution in [0, 0.1) is 0 Å². The third-order valence-electron chi connectivity index (χ3n) is 3.68. The molecule has 0 spiro atoms. The third kappa shape index (κ3) is 6.23. The summed E-state index contributed by atoms with van der Waals surface area (Å²) in [6.45, 7) is 1.98. The van der Waals surface area contributed by atoms with Crippen molar-refractivity contribution in [2.45, 2.75) is 6.92 Å². The van der Waals surface area contributed by atoms with Gasteiger partial charge in [0.25, 0.3) is 5.91 Å². The highest BCUT2D eigenvalue weighted by Gasteiger charge is 2.16. The number of carbonyl (C=O) groups excluding carboxylic acids is 2. The molecule has 2 amide bonds. The number of ether oxygens (including phenoxy) is 2. The number of thioether (sulfide) groups is 1. The first-order valence-electron chi connectivity index (χ1n) is 9.03. The maximum atomic E-state index is 12.1. The van der Waals surface area contributed by atoms with E-state index in [1.807, 2.05) is 25.1 Å². The predicted octanol–water partition coefficient (Wildman–Crippen LogP) is 3.31. The lowest BCUT2D eigenvalue weighted by Crippen LogP contribution is -2.20. The van der Waals surface area contributed by atoms with Crippen molar-refractivity contribution < 1.29 is 19.1 Å². The van der Waals surface area contributed by atoms with Crippen LogP contribution in [-0.2, 0) is 9.59 Å². The monoisotopic (exact) mass is 446 g/mol. The van der Waals surface area contributed by atoms with Crippen LogP contribution in [0.4, 0.5) is 5.69 Å². The molecule has 0 aromatic heterocycles. The van der Waals surface area contributed by atoms with E-state index in [9.17, 15) is 9.59 Å². The van der Waals surface area contributed by atoms with Crippen molar-refractivity contribution in [2.24, 2.45) is 10.2 Å². The zero-order valence-corrected chi connectivity index (χ0v) is 17.6. The molecule has 1 saturated heterocycles. The standard InChI is InChI=1S/C20H19ClN4O4S/c1-2-28-16-9-13(10-22-25-20-24-18(27)12-30-20)8-15(21)19(16)29-11-17(26)23-14-6-4-3-5-7-14/h3-10H,2,11-12H2,1H3,(H,23,26)(H,24,25,27). The Kier molecular flexibility index (Phi) is 7.69. The van der Waals surface area contributed by atoms with Crippen molar-refractivity contribution in [2.75, 3.05) is 24.3 Å². The summed E-state index contributed by atoms with van der Waals surface area (Å²) in [5.74, 6) is 0.558. The number of amidine groups is 1. The number of rotatable bonds is 8. The zero-order chi connectivity index (χ0) is 21.3. The van der Waals surface area contributed by atoms with E-state index >= 15 is 0 Å². The van der Waals surface area contributed by atoms with Gasteiger partial charge in [0.15, 0.2) is 23.3 Å². The molecular formula is C20H19ClN4O4S. The van der Waals surface area contributed by atoms with E-state index in [1.165, 1.54) is 18.0 Å². The molecule has 0 atom stereocenters. The Morgan fingerprint density at radius 2 is 2.10 bits per heavy atom. The third-order valence-corrected chi connectivity index (χ3v) is 4.82. The molecule has 2 aromatic carbocycles. The molecule has 0 radical (unpaired) electrons. The van der Waals surface area contributed by atoms with E-state index in [0.29, 0.717) is 34.5 Å². The number of para-hydroxylation sites is 1. The molecule has 2 N–H and O–H groups in total. The Morgan fingerprint density at radius 1 is 1.30 bits per heavy atom. The Labute approximate surface area is 182 Å². The van der Waals surface area contributed by atoms with Gasteiger partial charge in [-0.3, -0.25) is 9.59 Å². The minimum atomic E-state index is -0.322. The normalized spacial score (nSPS) is 14.7. The fraction of sp³-hybridized carbons (Fsp3) is 0.200. The lowest BCUT2D eigenvalue weighted by atomic mass is 10.2. The zero-order valence-electron chi connectivity index (χ0n) is 16.1. The summed E-state index contributed by atoms with van der Waals surface area (Å²) in [6, 6.07) is 12.4. The number of nitrogens with zero attached hydrogens (tertiary/aromatic N) is 2. The fourth-order valence-electron chi connectivity index (χ4n) is 2.45.